The van der Waals surface area contributed by atoms with E-state index in [4.69, 9.17) is 9.47 Å². The molecule has 0 atom stereocenters. The topological polar surface area (TPSA) is 64.6 Å². The Bertz CT molecular complexity index is 1090. The van der Waals surface area contributed by atoms with Gasteiger partial charge in [0.25, 0.3) is 5.91 Å². The van der Waals surface area contributed by atoms with Crippen molar-refractivity contribution in [1.82, 2.24) is 0 Å². The molecule has 0 saturated carbocycles. The Kier molecular flexibility index (Phi) is 11.7. The first kappa shape index (κ1) is 28.0. The molecule has 0 spiro atoms. The molecule has 0 aliphatic carbocycles. The predicted octanol–water partition coefficient (Wildman–Crippen LogP) is 8.24. The number of amides is 1. The van der Waals surface area contributed by atoms with E-state index in [1.54, 1.807) is 36.4 Å². The normalized spacial score (nSPS) is 10.6. The Morgan fingerprint density at radius 3 is 1.92 bits per heavy atom. The lowest BCUT2D eigenvalue weighted by molar-refractivity contribution is 0.0734. The van der Waals surface area contributed by atoms with Gasteiger partial charge in [-0.2, -0.15) is 0 Å². The molecule has 0 aliphatic rings. The largest absolute Gasteiger partial charge is 0.494 e. The van der Waals surface area contributed by atoms with Crippen LogP contribution >= 0.6 is 0 Å². The minimum Gasteiger partial charge on any atom is -0.494 e. The Hall–Kier alpha value is -3.60. The van der Waals surface area contributed by atoms with E-state index in [-0.39, 0.29) is 5.91 Å². The number of ether oxygens (including phenoxy) is 2. The molecule has 3 aromatic carbocycles. The predicted molar refractivity (Wildman–Crippen MR) is 150 cm³/mol. The third-order valence-corrected chi connectivity index (χ3v) is 6.21. The number of carbonyl (C=O) groups excluding carboxylic acids is 2. The number of nitrogens with one attached hydrogen (secondary N) is 1. The molecule has 0 bridgehead atoms. The van der Waals surface area contributed by atoms with Crippen LogP contribution < -0.4 is 14.8 Å². The lowest BCUT2D eigenvalue weighted by Crippen LogP contribution is -2.12. The molecular weight excluding hydrogens is 462 g/mol. The van der Waals surface area contributed by atoms with Crippen LogP contribution in [0.15, 0.2) is 72.8 Å². The van der Waals surface area contributed by atoms with E-state index < -0.39 is 5.97 Å². The zero-order valence-corrected chi connectivity index (χ0v) is 22.1. The van der Waals surface area contributed by atoms with Crippen molar-refractivity contribution in [3.05, 3.63) is 89.5 Å². The molecule has 1 amide bonds. The summed E-state index contributed by atoms with van der Waals surface area (Å²) in [5.41, 5.74) is 2.79. The average Bonchev–Trinajstić information content (AvgIpc) is 2.93. The van der Waals surface area contributed by atoms with Crippen molar-refractivity contribution < 1.29 is 19.1 Å². The van der Waals surface area contributed by atoms with Gasteiger partial charge < -0.3 is 14.8 Å². The molecule has 3 aromatic rings. The zero-order chi connectivity index (χ0) is 26.3. The minimum absolute atomic E-state index is 0.221. The highest BCUT2D eigenvalue weighted by Gasteiger charge is 2.11. The van der Waals surface area contributed by atoms with Gasteiger partial charge in [0.2, 0.25) is 0 Å². The number of rotatable bonds is 15. The smallest absolute Gasteiger partial charge is 0.343 e. The van der Waals surface area contributed by atoms with Crippen LogP contribution in [0.1, 0.15) is 91.5 Å². The highest BCUT2D eigenvalue weighted by atomic mass is 16.5. The number of unbranched alkanes of at least 4 members (excludes halogenated alkanes) is 6. The fourth-order valence-corrected chi connectivity index (χ4v) is 3.94. The lowest BCUT2D eigenvalue weighted by atomic mass is 10.1. The van der Waals surface area contributed by atoms with Crippen LogP contribution in [0.5, 0.6) is 11.5 Å². The SMILES string of the molecule is CCCCCCCCOc1ccc(C(=O)Nc2ccc(C(=O)Oc3ccc(CCCC)cc3)cc2)cc1. The van der Waals surface area contributed by atoms with Gasteiger partial charge >= 0.3 is 5.97 Å². The van der Waals surface area contributed by atoms with Crippen LogP contribution in [0.3, 0.4) is 0 Å². The first-order valence-corrected chi connectivity index (χ1v) is 13.5. The number of aryl methyl sites for hydroxylation is 1. The van der Waals surface area contributed by atoms with Crippen LogP contribution in [0.25, 0.3) is 0 Å². The number of hydrogen-bond acceptors (Lipinski definition) is 4. The second-order valence-electron chi connectivity index (χ2n) is 9.31. The second-order valence-corrected chi connectivity index (χ2v) is 9.31. The van der Waals surface area contributed by atoms with Crippen molar-refractivity contribution in [3.8, 4) is 11.5 Å². The molecule has 37 heavy (non-hydrogen) atoms. The van der Waals surface area contributed by atoms with E-state index >= 15 is 0 Å². The fourth-order valence-electron chi connectivity index (χ4n) is 3.94. The van der Waals surface area contributed by atoms with E-state index in [1.807, 2.05) is 36.4 Å². The summed E-state index contributed by atoms with van der Waals surface area (Å²) >= 11 is 0. The summed E-state index contributed by atoms with van der Waals surface area (Å²) in [6.07, 6.45) is 10.6. The van der Waals surface area contributed by atoms with Crippen LogP contribution in [0.2, 0.25) is 0 Å². The maximum absolute atomic E-state index is 12.6. The molecule has 0 fully saturated rings. The first-order valence-electron chi connectivity index (χ1n) is 13.5. The molecule has 196 valence electrons. The monoisotopic (exact) mass is 501 g/mol. The van der Waals surface area contributed by atoms with Gasteiger partial charge in [0.15, 0.2) is 0 Å². The Morgan fingerprint density at radius 1 is 0.649 bits per heavy atom. The first-order chi connectivity index (χ1) is 18.1. The van der Waals surface area contributed by atoms with E-state index in [9.17, 15) is 9.59 Å². The molecule has 0 saturated heterocycles. The molecule has 5 nitrogen and oxygen atoms in total. The molecule has 0 heterocycles. The van der Waals surface area contributed by atoms with E-state index in [0.717, 1.165) is 31.4 Å². The van der Waals surface area contributed by atoms with Crippen LogP contribution in [-0.4, -0.2) is 18.5 Å². The number of benzene rings is 3. The standard InChI is InChI=1S/C32H39NO4/c1-3-5-7-8-9-10-24-36-29-22-16-26(17-23-29)31(34)33-28-18-14-27(15-19-28)32(35)37-30-20-12-25(13-21-30)11-6-4-2/h12-23H,3-11,24H2,1-2H3,(H,33,34). The second kappa shape index (κ2) is 15.5. The zero-order valence-electron chi connectivity index (χ0n) is 22.1. The molecule has 3 rings (SSSR count). The summed E-state index contributed by atoms with van der Waals surface area (Å²) in [5.74, 6) is 0.627. The van der Waals surface area contributed by atoms with E-state index in [1.165, 1.54) is 37.7 Å². The van der Waals surface area contributed by atoms with Crippen molar-refractivity contribution in [3.63, 3.8) is 0 Å². The van der Waals surface area contributed by atoms with Gasteiger partial charge in [-0.05, 0) is 85.5 Å². The van der Waals surface area contributed by atoms with Crippen molar-refractivity contribution in [2.75, 3.05) is 11.9 Å². The molecule has 1 N–H and O–H groups in total. The Labute approximate surface area is 221 Å². The van der Waals surface area contributed by atoms with Gasteiger partial charge in [-0.3, -0.25) is 4.79 Å². The highest BCUT2D eigenvalue weighted by molar-refractivity contribution is 6.04. The summed E-state index contributed by atoms with van der Waals surface area (Å²) in [4.78, 5) is 25.1. The summed E-state index contributed by atoms with van der Waals surface area (Å²) in [6.45, 7) is 5.07. The maximum Gasteiger partial charge on any atom is 0.343 e. The summed E-state index contributed by atoms with van der Waals surface area (Å²) < 4.78 is 11.3. The van der Waals surface area contributed by atoms with Gasteiger partial charge in [-0.1, -0.05) is 64.5 Å². The number of carbonyl (C=O) groups is 2. The van der Waals surface area contributed by atoms with Crippen LogP contribution in [-0.2, 0) is 6.42 Å². The third kappa shape index (κ3) is 9.76. The molecular formula is C32H39NO4. The van der Waals surface area contributed by atoms with Crippen LogP contribution in [0.4, 0.5) is 5.69 Å². The van der Waals surface area contributed by atoms with E-state index in [2.05, 4.69) is 19.2 Å². The fraction of sp³-hybridized carbons (Fsp3) is 0.375. The van der Waals surface area contributed by atoms with Crippen molar-refractivity contribution >= 4 is 17.6 Å². The average molecular weight is 502 g/mol. The maximum atomic E-state index is 12.6. The van der Waals surface area contributed by atoms with Gasteiger partial charge in [0.05, 0.1) is 12.2 Å². The molecule has 0 unspecified atom stereocenters. The lowest BCUT2D eigenvalue weighted by Gasteiger charge is -2.09. The number of anilines is 1. The quantitative estimate of drug-likeness (QED) is 0.129. The van der Waals surface area contributed by atoms with Gasteiger partial charge in [0.1, 0.15) is 11.5 Å². The van der Waals surface area contributed by atoms with Crippen molar-refractivity contribution in [2.24, 2.45) is 0 Å². The molecule has 0 aromatic heterocycles. The molecule has 0 aliphatic heterocycles. The van der Waals surface area contributed by atoms with Gasteiger partial charge in [-0.25, -0.2) is 4.79 Å². The molecule has 0 radical (unpaired) electrons. The van der Waals surface area contributed by atoms with Crippen LogP contribution in [0, 0.1) is 0 Å². The number of esters is 1. The Balaban J connectivity index is 1.43. The van der Waals surface area contributed by atoms with Gasteiger partial charge in [-0.15, -0.1) is 0 Å². The summed E-state index contributed by atoms with van der Waals surface area (Å²) in [5, 5.41) is 2.86. The van der Waals surface area contributed by atoms with E-state index in [0.29, 0.717) is 29.2 Å². The van der Waals surface area contributed by atoms with Crippen molar-refractivity contribution in [2.45, 2.75) is 71.6 Å². The molecule has 5 heteroatoms. The highest BCUT2D eigenvalue weighted by Crippen LogP contribution is 2.18. The Morgan fingerprint density at radius 2 is 1.24 bits per heavy atom. The minimum atomic E-state index is -0.435. The van der Waals surface area contributed by atoms with Gasteiger partial charge in [0, 0.05) is 11.3 Å². The third-order valence-electron chi connectivity index (χ3n) is 6.21. The number of hydrogen-bond donors (Lipinski definition) is 1. The summed E-state index contributed by atoms with van der Waals surface area (Å²) in [7, 11) is 0. The summed E-state index contributed by atoms with van der Waals surface area (Å²) in [6, 6.07) is 21.5. The van der Waals surface area contributed by atoms with Crippen molar-refractivity contribution in [1.29, 1.82) is 0 Å².